The molecule has 0 saturated carbocycles. The van der Waals surface area contributed by atoms with Gasteiger partial charge in [-0.15, -0.1) is 11.3 Å². The van der Waals surface area contributed by atoms with Gasteiger partial charge in [-0.2, -0.15) is 0 Å². The maximum atomic E-state index is 11.1. The lowest BCUT2D eigenvalue weighted by molar-refractivity contribution is -0.114. The van der Waals surface area contributed by atoms with Gasteiger partial charge in [0.05, 0.1) is 13.2 Å². The number of anilines is 1. The van der Waals surface area contributed by atoms with Crippen molar-refractivity contribution in [3.8, 4) is 0 Å². The van der Waals surface area contributed by atoms with Crippen LogP contribution in [0, 0.1) is 12.8 Å². The summed E-state index contributed by atoms with van der Waals surface area (Å²) in [6.07, 6.45) is 4.73. The molecule has 1 amide bonds. The van der Waals surface area contributed by atoms with Gasteiger partial charge in [0, 0.05) is 49.5 Å². The van der Waals surface area contributed by atoms with Crippen LogP contribution in [0.4, 0.5) is 5.13 Å². The summed E-state index contributed by atoms with van der Waals surface area (Å²) in [5.41, 5.74) is 2.37. The van der Waals surface area contributed by atoms with Crippen LogP contribution in [0.1, 0.15) is 23.1 Å². The van der Waals surface area contributed by atoms with E-state index in [4.69, 9.17) is 4.74 Å². The van der Waals surface area contributed by atoms with Crippen molar-refractivity contribution in [2.75, 3.05) is 31.6 Å². The predicted molar refractivity (Wildman–Crippen MR) is 98.7 cm³/mol. The van der Waals surface area contributed by atoms with Crippen molar-refractivity contribution in [1.82, 2.24) is 14.9 Å². The zero-order valence-corrected chi connectivity index (χ0v) is 15.5. The van der Waals surface area contributed by atoms with Gasteiger partial charge in [-0.25, -0.2) is 4.98 Å². The SMILES string of the molecule is CC(=O)Nc1ncc(CN2CCOC[C@@H](Cc3ccnc(C)c3)C2)s1. The van der Waals surface area contributed by atoms with Gasteiger partial charge < -0.3 is 10.1 Å². The summed E-state index contributed by atoms with van der Waals surface area (Å²) in [6.45, 7) is 7.82. The van der Waals surface area contributed by atoms with Crippen molar-refractivity contribution in [3.63, 3.8) is 0 Å². The molecular formula is C18H24N4O2S. The average Bonchev–Trinajstić information content (AvgIpc) is 2.85. The number of thiazole rings is 1. The highest BCUT2D eigenvalue weighted by atomic mass is 32.1. The summed E-state index contributed by atoms with van der Waals surface area (Å²) < 4.78 is 5.81. The molecule has 1 atom stereocenters. The second-order valence-corrected chi connectivity index (χ2v) is 7.61. The number of amides is 1. The first-order valence-corrected chi connectivity index (χ1v) is 9.34. The molecule has 6 nitrogen and oxygen atoms in total. The Labute approximate surface area is 152 Å². The van der Waals surface area contributed by atoms with Gasteiger partial charge in [0.25, 0.3) is 0 Å². The van der Waals surface area contributed by atoms with E-state index >= 15 is 0 Å². The van der Waals surface area contributed by atoms with E-state index in [2.05, 4.69) is 32.3 Å². The van der Waals surface area contributed by atoms with Crippen molar-refractivity contribution < 1.29 is 9.53 Å². The van der Waals surface area contributed by atoms with Gasteiger partial charge in [0.2, 0.25) is 5.91 Å². The number of carbonyl (C=O) groups excluding carboxylic acids is 1. The standard InChI is InChI=1S/C18H24N4O2S/c1-13-7-15(3-4-19-13)8-16-10-22(5-6-24-12-16)11-17-9-20-18(25-17)21-14(2)23/h3-4,7,9,16H,5-6,8,10-12H2,1-2H3,(H,20,21,23)/t16-/m0/s1. The van der Waals surface area contributed by atoms with Crippen LogP contribution in [-0.4, -0.2) is 47.1 Å². The topological polar surface area (TPSA) is 67.4 Å². The zero-order valence-electron chi connectivity index (χ0n) is 14.7. The molecule has 0 unspecified atom stereocenters. The number of aromatic nitrogens is 2. The van der Waals surface area contributed by atoms with E-state index in [9.17, 15) is 4.79 Å². The van der Waals surface area contributed by atoms with E-state index in [-0.39, 0.29) is 5.91 Å². The average molecular weight is 360 g/mol. The first-order valence-electron chi connectivity index (χ1n) is 8.52. The lowest BCUT2D eigenvalue weighted by Gasteiger charge is -2.22. The van der Waals surface area contributed by atoms with Crippen LogP contribution in [0.5, 0.6) is 0 Å². The number of carbonyl (C=O) groups is 1. The Hall–Kier alpha value is -1.83. The third-order valence-electron chi connectivity index (χ3n) is 4.12. The second kappa shape index (κ2) is 8.51. The fraction of sp³-hybridized carbons (Fsp3) is 0.500. The van der Waals surface area contributed by atoms with E-state index < -0.39 is 0 Å². The van der Waals surface area contributed by atoms with Crippen LogP contribution in [0.15, 0.2) is 24.5 Å². The smallest absolute Gasteiger partial charge is 0.223 e. The normalized spacial score (nSPS) is 18.7. The number of nitrogens with zero attached hydrogens (tertiary/aromatic N) is 3. The molecule has 134 valence electrons. The lowest BCUT2D eigenvalue weighted by Crippen LogP contribution is -2.30. The minimum atomic E-state index is -0.0863. The highest BCUT2D eigenvalue weighted by Crippen LogP contribution is 2.22. The highest BCUT2D eigenvalue weighted by Gasteiger charge is 2.20. The van der Waals surface area contributed by atoms with Crippen molar-refractivity contribution in [2.45, 2.75) is 26.8 Å². The molecule has 2 aromatic rings. The summed E-state index contributed by atoms with van der Waals surface area (Å²) in [5, 5.41) is 3.41. The number of pyridine rings is 1. The van der Waals surface area contributed by atoms with Gasteiger partial charge in [0.15, 0.2) is 5.13 Å². The third kappa shape index (κ3) is 5.59. The maximum Gasteiger partial charge on any atom is 0.223 e. The highest BCUT2D eigenvalue weighted by molar-refractivity contribution is 7.15. The summed E-state index contributed by atoms with van der Waals surface area (Å²) in [5.74, 6) is 0.379. The monoisotopic (exact) mass is 360 g/mol. The molecule has 0 radical (unpaired) electrons. The summed E-state index contributed by atoms with van der Waals surface area (Å²) in [6, 6.07) is 4.24. The van der Waals surface area contributed by atoms with Crippen LogP contribution in [0.25, 0.3) is 0 Å². The summed E-state index contributed by atoms with van der Waals surface area (Å²) in [7, 11) is 0. The van der Waals surface area contributed by atoms with E-state index in [1.165, 1.54) is 23.8 Å². The van der Waals surface area contributed by atoms with Gasteiger partial charge >= 0.3 is 0 Å². The molecule has 0 aromatic carbocycles. The first-order chi connectivity index (χ1) is 12.1. The minimum absolute atomic E-state index is 0.0863. The molecule has 1 N–H and O–H groups in total. The molecule has 1 fully saturated rings. The zero-order chi connectivity index (χ0) is 17.6. The molecule has 25 heavy (non-hydrogen) atoms. The molecule has 3 rings (SSSR count). The predicted octanol–water partition coefficient (Wildman–Crippen LogP) is 2.50. The van der Waals surface area contributed by atoms with Crippen LogP contribution in [-0.2, 0) is 22.5 Å². The van der Waals surface area contributed by atoms with Crippen LogP contribution in [0.2, 0.25) is 0 Å². The largest absolute Gasteiger partial charge is 0.380 e. The third-order valence-corrected chi connectivity index (χ3v) is 5.02. The quantitative estimate of drug-likeness (QED) is 0.887. The van der Waals surface area contributed by atoms with Crippen molar-refractivity contribution in [1.29, 1.82) is 0 Å². The van der Waals surface area contributed by atoms with Crippen LogP contribution < -0.4 is 5.32 Å². The Kier molecular flexibility index (Phi) is 6.12. The summed E-state index contributed by atoms with van der Waals surface area (Å²) in [4.78, 5) is 23.2. The number of aryl methyl sites for hydroxylation is 1. The number of hydrogen-bond acceptors (Lipinski definition) is 6. The van der Waals surface area contributed by atoms with E-state index in [0.29, 0.717) is 11.0 Å². The van der Waals surface area contributed by atoms with Gasteiger partial charge in [-0.05, 0) is 37.0 Å². The van der Waals surface area contributed by atoms with Crippen molar-refractivity contribution in [3.05, 3.63) is 40.7 Å². The van der Waals surface area contributed by atoms with Gasteiger partial charge in [0.1, 0.15) is 0 Å². The molecule has 1 saturated heterocycles. The molecule has 0 spiro atoms. The van der Waals surface area contributed by atoms with Crippen molar-refractivity contribution >= 4 is 22.4 Å². The van der Waals surface area contributed by atoms with E-state index in [1.807, 2.05) is 19.3 Å². The molecule has 0 aliphatic carbocycles. The maximum absolute atomic E-state index is 11.1. The molecule has 0 bridgehead atoms. The molecular weight excluding hydrogens is 336 g/mol. The van der Waals surface area contributed by atoms with Gasteiger partial charge in [-0.1, -0.05) is 0 Å². The van der Waals surface area contributed by atoms with Crippen molar-refractivity contribution in [2.24, 2.45) is 5.92 Å². The first kappa shape index (κ1) is 18.0. The molecule has 1 aliphatic heterocycles. The lowest BCUT2D eigenvalue weighted by atomic mass is 10.00. The number of ether oxygens (including phenoxy) is 1. The second-order valence-electron chi connectivity index (χ2n) is 6.50. The summed E-state index contributed by atoms with van der Waals surface area (Å²) >= 11 is 1.54. The Morgan fingerprint density at radius 2 is 2.36 bits per heavy atom. The van der Waals surface area contributed by atoms with Crippen LogP contribution in [0.3, 0.4) is 0 Å². The Morgan fingerprint density at radius 3 is 3.16 bits per heavy atom. The fourth-order valence-corrected chi connectivity index (χ4v) is 3.99. The Morgan fingerprint density at radius 1 is 1.48 bits per heavy atom. The Balaban J connectivity index is 1.59. The Bertz CT molecular complexity index is 719. The van der Waals surface area contributed by atoms with Gasteiger partial charge in [-0.3, -0.25) is 14.7 Å². The molecule has 2 aromatic heterocycles. The number of rotatable bonds is 5. The van der Waals surface area contributed by atoms with E-state index in [1.54, 1.807) is 0 Å². The van der Waals surface area contributed by atoms with Crippen LogP contribution >= 0.6 is 11.3 Å². The fourth-order valence-electron chi connectivity index (χ4n) is 3.09. The molecule has 7 heteroatoms. The number of nitrogens with one attached hydrogen (secondary N) is 1. The molecule has 1 aliphatic rings. The minimum Gasteiger partial charge on any atom is -0.380 e. The van der Waals surface area contributed by atoms with E-state index in [0.717, 1.165) is 49.8 Å². The molecule has 3 heterocycles. The number of hydrogen-bond donors (Lipinski definition) is 1.